The summed E-state index contributed by atoms with van der Waals surface area (Å²) in [6, 6.07) is 10.3. The fraction of sp³-hybridized carbons (Fsp3) is 0.444. The van der Waals surface area contributed by atoms with E-state index in [1.54, 1.807) is 13.8 Å². The predicted octanol–water partition coefficient (Wildman–Crippen LogP) is 3.05. The van der Waals surface area contributed by atoms with E-state index in [0.29, 0.717) is 19.1 Å². The highest BCUT2D eigenvalue weighted by atomic mass is 32.1. The maximum Gasteiger partial charge on any atom is 0.225 e. The van der Waals surface area contributed by atoms with Crippen molar-refractivity contribution in [2.75, 3.05) is 16.3 Å². The van der Waals surface area contributed by atoms with Crippen LogP contribution >= 0.6 is 11.3 Å². The first-order valence-electron chi connectivity index (χ1n) is 8.27. The lowest BCUT2D eigenvalue weighted by atomic mass is 10.2. The Morgan fingerprint density at radius 3 is 2.67 bits per heavy atom. The van der Waals surface area contributed by atoms with Gasteiger partial charge in [-0.05, 0) is 31.9 Å². The molecule has 1 heterocycles. The van der Waals surface area contributed by atoms with E-state index >= 15 is 0 Å². The molecule has 1 N–H and O–H groups in total. The quantitative estimate of drug-likeness (QED) is 0.838. The number of carbonyl (C=O) groups excluding carboxylic acids is 1. The van der Waals surface area contributed by atoms with Gasteiger partial charge in [-0.2, -0.15) is 0 Å². The van der Waals surface area contributed by atoms with Crippen LogP contribution in [0.3, 0.4) is 0 Å². The lowest BCUT2D eigenvalue weighted by Crippen LogP contribution is -2.31. The average molecular weight is 345 g/mol. The number of aliphatic hydroxyl groups excluding tert-OH is 1. The predicted molar refractivity (Wildman–Crippen MR) is 97.5 cm³/mol. The molecule has 1 aliphatic carbocycles. The minimum atomic E-state index is -0.427. The van der Waals surface area contributed by atoms with Crippen LogP contribution in [0.2, 0.25) is 0 Å². The van der Waals surface area contributed by atoms with Crippen molar-refractivity contribution >= 4 is 28.1 Å². The maximum atomic E-state index is 11.9. The lowest BCUT2D eigenvalue weighted by Gasteiger charge is -2.25. The molecule has 2 aromatic rings. The third-order valence-corrected chi connectivity index (χ3v) is 4.84. The molecule has 1 fully saturated rings. The van der Waals surface area contributed by atoms with Gasteiger partial charge in [-0.3, -0.25) is 9.69 Å². The van der Waals surface area contributed by atoms with Crippen molar-refractivity contribution in [2.24, 2.45) is 0 Å². The van der Waals surface area contributed by atoms with Crippen LogP contribution in [0.4, 0.5) is 10.8 Å². The molecule has 5 nitrogen and oxygen atoms in total. The van der Waals surface area contributed by atoms with Gasteiger partial charge in [-0.1, -0.05) is 18.2 Å². The summed E-state index contributed by atoms with van der Waals surface area (Å²) in [5.74, 6) is 0.0577. The molecule has 1 saturated carbocycles. The Kier molecular flexibility index (Phi) is 5.16. The number of hydrogen-bond donors (Lipinski definition) is 1. The molecule has 1 aromatic carbocycles. The van der Waals surface area contributed by atoms with Crippen LogP contribution in [0.25, 0.3) is 0 Å². The summed E-state index contributed by atoms with van der Waals surface area (Å²) in [6.07, 6.45) is 1.70. The molecule has 1 aliphatic rings. The van der Waals surface area contributed by atoms with Gasteiger partial charge in [-0.25, -0.2) is 4.98 Å². The van der Waals surface area contributed by atoms with Gasteiger partial charge in [0.25, 0.3) is 0 Å². The Hall–Kier alpha value is -1.92. The molecule has 0 saturated heterocycles. The van der Waals surface area contributed by atoms with Crippen LogP contribution in [-0.4, -0.2) is 34.7 Å². The zero-order valence-corrected chi connectivity index (χ0v) is 14.9. The third kappa shape index (κ3) is 4.13. The van der Waals surface area contributed by atoms with Crippen LogP contribution in [0, 0.1) is 0 Å². The number of rotatable bonds is 7. The Bertz CT molecular complexity index is 683. The first kappa shape index (κ1) is 16.9. The van der Waals surface area contributed by atoms with E-state index in [-0.39, 0.29) is 5.91 Å². The fourth-order valence-electron chi connectivity index (χ4n) is 2.77. The van der Waals surface area contributed by atoms with Gasteiger partial charge in [0, 0.05) is 30.6 Å². The Labute approximate surface area is 146 Å². The molecular formula is C18H23N3O2S. The number of benzene rings is 1. The van der Waals surface area contributed by atoms with Gasteiger partial charge in [0.15, 0.2) is 5.13 Å². The summed E-state index contributed by atoms with van der Waals surface area (Å²) in [6.45, 7) is 4.54. The molecule has 3 rings (SSSR count). The Balaban J connectivity index is 1.77. The number of para-hydroxylation sites is 1. The van der Waals surface area contributed by atoms with E-state index in [9.17, 15) is 9.90 Å². The molecule has 0 radical (unpaired) electrons. The van der Waals surface area contributed by atoms with E-state index in [4.69, 9.17) is 0 Å². The number of thiazole rings is 1. The van der Waals surface area contributed by atoms with Crippen molar-refractivity contribution < 1.29 is 9.90 Å². The molecular weight excluding hydrogens is 322 g/mol. The minimum Gasteiger partial charge on any atom is -0.392 e. The van der Waals surface area contributed by atoms with Gasteiger partial charge in [-0.15, -0.1) is 11.3 Å². The molecule has 128 valence electrons. The van der Waals surface area contributed by atoms with Crippen molar-refractivity contribution in [3.63, 3.8) is 0 Å². The summed E-state index contributed by atoms with van der Waals surface area (Å²) >= 11 is 1.52. The van der Waals surface area contributed by atoms with Gasteiger partial charge in [0.1, 0.15) is 0 Å². The van der Waals surface area contributed by atoms with Crippen LogP contribution in [0.1, 0.15) is 32.4 Å². The first-order chi connectivity index (χ1) is 11.5. The van der Waals surface area contributed by atoms with Gasteiger partial charge >= 0.3 is 0 Å². The SMILES string of the molecule is CC(=O)N(c1nc(CN(C[C@@H](C)O)c2ccccc2)cs1)C1CC1. The van der Waals surface area contributed by atoms with Gasteiger partial charge in [0.05, 0.1) is 18.3 Å². The molecule has 1 aromatic heterocycles. The number of nitrogens with zero attached hydrogens (tertiary/aromatic N) is 3. The molecule has 0 spiro atoms. The largest absolute Gasteiger partial charge is 0.392 e. The van der Waals surface area contributed by atoms with E-state index < -0.39 is 6.10 Å². The normalized spacial score (nSPS) is 15.1. The number of aromatic nitrogens is 1. The number of aliphatic hydroxyl groups is 1. The van der Waals surface area contributed by atoms with Crippen LogP contribution in [0.5, 0.6) is 0 Å². The van der Waals surface area contributed by atoms with E-state index in [1.807, 2.05) is 40.6 Å². The second-order valence-electron chi connectivity index (χ2n) is 6.31. The summed E-state index contributed by atoms with van der Waals surface area (Å²) in [5.41, 5.74) is 1.98. The zero-order chi connectivity index (χ0) is 17.1. The standard InChI is InChI=1S/C18H23N3O2S/c1-13(22)10-20(16-6-4-3-5-7-16)11-15-12-24-18(19-15)21(14(2)23)17-8-9-17/h3-7,12-13,17,22H,8-11H2,1-2H3/t13-/m1/s1. The van der Waals surface area contributed by atoms with Crippen molar-refractivity contribution in [1.29, 1.82) is 0 Å². The van der Waals surface area contributed by atoms with E-state index in [2.05, 4.69) is 9.88 Å². The number of amides is 1. The Morgan fingerprint density at radius 1 is 1.38 bits per heavy atom. The summed E-state index contributed by atoms with van der Waals surface area (Å²) < 4.78 is 0. The van der Waals surface area contributed by atoms with Crippen molar-refractivity contribution in [1.82, 2.24) is 4.98 Å². The highest BCUT2D eigenvalue weighted by molar-refractivity contribution is 7.14. The second kappa shape index (κ2) is 7.32. The van der Waals surface area contributed by atoms with Crippen LogP contribution in [0.15, 0.2) is 35.7 Å². The Morgan fingerprint density at radius 2 is 2.08 bits per heavy atom. The first-order valence-corrected chi connectivity index (χ1v) is 9.15. The smallest absolute Gasteiger partial charge is 0.225 e. The number of carbonyl (C=O) groups is 1. The number of anilines is 2. The van der Waals surface area contributed by atoms with Gasteiger partial charge < -0.3 is 10.0 Å². The number of hydrogen-bond acceptors (Lipinski definition) is 5. The topological polar surface area (TPSA) is 56.7 Å². The minimum absolute atomic E-state index is 0.0577. The van der Waals surface area contributed by atoms with E-state index in [1.165, 1.54) is 11.3 Å². The highest BCUT2D eigenvalue weighted by Gasteiger charge is 2.33. The fourth-order valence-corrected chi connectivity index (χ4v) is 3.70. The molecule has 0 bridgehead atoms. The second-order valence-corrected chi connectivity index (χ2v) is 7.14. The molecule has 6 heteroatoms. The molecule has 0 unspecified atom stereocenters. The average Bonchev–Trinajstić information content (AvgIpc) is 3.26. The molecule has 0 aliphatic heterocycles. The summed E-state index contributed by atoms with van der Waals surface area (Å²) in [5, 5.41) is 12.6. The third-order valence-electron chi connectivity index (χ3n) is 3.96. The zero-order valence-electron chi connectivity index (χ0n) is 14.1. The highest BCUT2D eigenvalue weighted by Crippen LogP contribution is 2.34. The maximum absolute atomic E-state index is 11.9. The van der Waals surface area contributed by atoms with Crippen LogP contribution < -0.4 is 9.80 Å². The van der Waals surface area contributed by atoms with Crippen LogP contribution in [-0.2, 0) is 11.3 Å². The summed E-state index contributed by atoms with van der Waals surface area (Å²) in [4.78, 5) is 20.5. The van der Waals surface area contributed by atoms with Crippen molar-refractivity contribution in [3.8, 4) is 0 Å². The van der Waals surface area contributed by atoms with Crippen molar-refractivity contribution in [2.45, 2.75) is 45.4 Å². The molecule has 1 amide bonds. The van der Waals surface area contributed by atoms with Gasteiger partial charge in [0.2, 0.25) is 5.91 Å². The monoisotopic (exact) mass is 345 g/mol. The summed E-state index contributed by atoms with van der Waals surface area (Å²) in [7, 11) is 0. The van der Waals surface area contributed by atoms with Crippen molar-refractivity contribution in [3.05, 3.63) is 41.4 Å². The lowest BCUT2D eigenvalue weighted by molar-refractivity contribution is -0.116. The molecule has 1 atom stereocenters. The molecule has 24 heavy (non-hydrogen) atoms. The van der Waals surface area contributed by atoms with E-state index in [0.717, 1.165) is 29.4 Å².